The van der Waals surface area contributed by atoms with Crippen LogP contribution >= 0.6 is 11.6 Å². The quantitative estimate of drug-likeness (QED) is 0.370. The van der Waals surface area contributed by atoms with Gasteiger partial charge in [0.15, 0.2) is 0 Å². The van der Waals surface area contributed by atoms with Crippen molar-refractivity contribution in [1.29, 1.82) is 0 Å². The van der Waals surface area contributed by atoms with Crippen LogP contribution in [0, 0.1) is 0 Å². The molecule has 0 aromatic carbocycles. The Morgan fingerprint density at radius 3 is 2.50 bits per heavy atom. The lowest BCUT2D eigenvalue weighted by Gasteiger charge is -2.13. The van der Waals surface area contributed by atoms with E-state index in [1.807, 2.05) is 0 Å². The standard InChI is InChI=1S/C6H11ClN2O/c1-5(9(2)3)6(10)8-4-7/h1,4H2,2-3H3,(H,8,10). The van der Waals surface area contributed by atoms with Gasteiger partial charge in [0.1, 0.15) is 0 Å². The molecule has 0 saturated heterocycles. The van der Waals surface area contributed by atoms with Gasteiger partial charge in [0, 0.05) is 14.1 Å². The lowest BCUT2D eigenvalue weighted by atomic mass is 10.4. The van der Waals surface area contributed by atoms with Crippen molar-refractivity contribution in [3.63, 3.8) is 0 Å². The van der Waals surface area contributed by atoms with Gasteiger partial charge in [-0.3, -0.25) is 4.79 Å². The number of nitrogens with zero attached hydrogens (tertiary/aromatic N) is 1. The minimum atomic E-state index is -0.236. The van der Waals surface area contributed by atoms with Crippen LogP contribution in [0.2, 0.25) is 0 Å². The number of likely N-dealkylation sites (N-methyl/N-ethyl adjacent to an activating group) is 1. The molecule has 0 fully saturated rings. The number of alkyl halides is 1. The zero-order valence-electron chi connectivity index (χ0n) is 6.15. The highest BCUT2D eigenvalue weighted by atomic mass is 35.5. The average Bonchev–Trinajstić information content (AvgIpc) is 1.87. The molecule has 0 atom stereocenters. The predicted molar refractivity (Wildman–Crippen MR) is 41.7 cm³/mol. The van der Waals surface area contributed by atoms with Gasteiger partial charge in [0.25, 0.3) is 5.91 Å². The van der Waals surface area contributed by atoms with Crippen molar-refractivity contribution in [2.24, 2.45) is 0 Å². The molecule has 0 spiro atoms. The zero-order valence-corrected chi connectivity index (χ0v) is 6.90. The normalized spacial score (nSPS) is 8.70. The molecule has 3 nitrogen and oxygen atoms in total. The summed E-state index contributed by atoms with van der Waals surface area (Å²) >= 11 is 5.25. The van der Waals surface area contributed by atoms with Gasteiger partial charge < -0.3 is 10.2 Å². The molecule has 0 rings (SSSR count). The number of hydrogen-bond donors (Lipinski definition) is 1. The van der Waals surface area contributed by atoms with E-state index in [1.165, 1.54) is 0 Å². The molecule has 0 radical (unpaired) electrons. The number of rotatable bonds is 3. The number of amides is 1. The molecule has 0 unspecified atom stereocenters. The first-order chi connectivity index (χ1) is 4.59. The Bertz CT molecular complexity index is 145. The van der Waals surface area contributed by atoms with E-state index in [-0.39, 0.29) is 11.9 Å². The van der Waals surface area contributed by atoms with Crippen molar-refractivity contribution in [3.8, 4) is 0 Å². The third-order valence-corrected chi connectivity index (χ3v) is 1.16. The van der Waals surface area contributed by atoms with Gasteiger partial charge in [-0.2, -0.15) is 0 Å². The molecule has 58 valence electrons. The van der Waals surface area contributed by atoms with Crippen molar-refractivity contribution < 1.29 is 4.79 Å². The van der Waals surface area contributed by atoms with Crippen LogP contribution in [0.15, 0.2) is 12.3 Å². The molecule has 0 aliphatic heterocycles. The molecule has 0 heterocycles. The Hall–Kier alpha value is -0.700. The van der Waals surface area contributed by atoms with E-state index in [1.54, 1.807) is 19.0 Å². The van der Waals surface area contributed by atoms with Crippen molar-refractivity contribution in [2.45, 2.75) is 0 Å². The van der Waals surface area contributed by atoms with E-state index in [2.05, 4.69) is 11.9 Å². The minimum absolute atomic E-state index is 0.117. The first-order valence-electron chi connectivity index (χ1n) is 2.80. The van der Waals surface area contributed by atoms with Gasteiger partial charge in [-0.15, -0.1) is 11.6 Å². The molecule has 0 aliphatic rings. The van der Waals surface area contributed by atoms with Gasteiger partial charge in [0.2, 0.25) is 0 Å². The van der Waals surface area contributed by atoms with E-state index >= 15 is 0 Å². The molecule has 1 amide bonds. The van der Waals surface area contributed by atoms with Gasteiger partial charge in [-0.1, -0.05) is 6.58 Å². The summed E-state index contributed by atoms with van der Waals surface area (Å²) in [6, 6.07) is 0.117. The summed E-state index contributed by atoms with van der Waals surface area (Å²) in [6.07, 6.45) is 0. The van der Waals surface area contributed by atoms with Gasteiger partial charge in [0.05, 0.1) is 11.7 Å². The van der Waals surface area contributed by atoms with Gasteiger partial charge >= 0.3 is 0 Å². The Morgan fingerprint density at radius 1 is 1.70 bits per heavy atom. The van der Waals surface area contributed by atoms with E-state index in [9.17, 15) is 4.79 Å². The van der Waals surface area contributed by atoms with Crippen LogP contribution in [0.5, 0.6) is 0 Å². The fourth-order valence-corrected chi connectivity index (χ4v) is 0.487. The fourth-order valence-electron chi connectivity index (χ4n) is 0.366. The predicted octanol–water partition coefficient (Wildman–Crippen LogP) is 0.374. The van der Waals surface area contributed by atoms with E-state index in [4.69, 9.17) is 11.6 Å². The van der Waals surface area contributed by atoms with Gasteiger partial charge in [-0.25, -0.2) is 0 Å². The second-order valence-corrected chi connectivity index (χ2v) is 2.25. The monoisotopic (exact) mass is 162 g/mol. The highest BCUT2D eigenvalue weighted by Crippen LogP contribution is 1.92. The van der Waals surface area contributed by atoms with E-state index in [0.717, 1.165) is 0 Å². The Morgan fingerprint density at radius 2 is 2.20 bits per heavy atom. The van der Waals surface area contributed by atoms with Crippen LogP contribution in [0.4, 0.5) is 0 Å². The fraction of sp³-hybridized carbons (Fsp3) is 0.500. The second-order valence-electron chi connectivity index (χ2n) is 1.98. The summed E-state index contributed by atoms with van der Waals surface area (Å²) in [4.78, 5) is 12.5. The van der Waals surface area contributed by atoms with E-state index < -0.39 is 0 Å². The molecular weight excluding hydrogens is 152 g/mol. The summed E-state index contributed by atoms with van der Waals surface area (Å²) in [5.74, 6) is -0.236. The van der Waals surface area contributed by atoms with Crippen LogP contribution in [-0.2, 0) is 4.79 Å². The summed E-state index contributed by atoms with van der Waals surface area (Å²) in [5, 5.41) is 2.41. The Kier molecular flexibility index (Phi) is 3.88. The summed E-state index contributed by atoms with van der Waals surface area (Å²) in [7, 11) is 3.49. The van der Waals surface area contributed by atoms with Crippen LogP contribution in [0.1, 0.15) is 0 Å². The van der Waals surface area contributed by atoms with Crippen LogP contribution in [0.3, 0.4) is 0 Å². The van der Waals surface area contributed by atoms with Crippen molar-refractivity contribution in [3.05, 3.63) is 12.3 Å². The van der Waals surface area contributed by atoms with Crippen LogP contribution in [-0.4, -0.2) is 30.9 Å². The van der Waals surface area contributed by atoms with Gasteiger partial charge in [-0.05, 0) is 0 Å². The third-order valence-electron chi connectivity index (χ3n) is 1.03. The molecule has 0 bridgehead atoms. The number of carbonyl (C=O) groups excluding carboxylic acids is 1. The molecule has 0 aromatic rings. The molecule has 4 heteroatoms. The molecule has 10 heavy (non-hydrogen) atoms. The summed E-state index contributed by atoms with van der Waals surface area (Å²) < 4.78 is 0. The maximum atomic E-state index is 10.8. The molecule has 0 saturated carbocycles. The second kappa shape index (κ2) is 4.17. The molecule has 0 aliphatic carbocycles. The smallest absolute Gasteiger partial charge is 0.267 e. The number of halogens is 1. The number of nitrogens with one attached hydrogen (secondary N) is 1. The van der Waals surface area contributed by atoms with Crippen LogP contribution < -0.4 is 5.32 Å². The lowest BCUT2D eigenvalue weighted by Crippen LogP contribution is -2.29. The lowest BCUT2D eigenvalue weighted by molar-refractivity contribution is -0.118. The minimum Gasteiger partial charge on any atom is -0.374 e. The topological polar surface area (TPSA) is 32.3 Å². The number of hydrogen-bond acceptors (Lipinski definition) is 2. The van der Waals surface area contributed by atoms with Crippen molar-refractivity contribution >= 4 is 17.5 Å². The third kappa shape index (κ3) is 2.73. The highest BCUT2D eigenvalue weighted by Gasteiger charge is 2.05. The van der Waals surface area contributed by atoms with Crippen LogP contribution in [0.25, 0.3) is 0 Å². The molecule has 0 aromatic heterocycles. The van der Waals surface area contributed by atoms with E-state index in [0.29, 0.717) is 5.70 Å². The summed E-state index contributed by atoms with van der Waals surface area (Å²) in [5.41, 5.74) is 0.403. The maximum Gasteiger partial charge on any atom is 0.267 e. The molecule has 1 N–H and O–H groups in total. The average molecular weight is 163 g/mol. The first kappa shape index (κ1) is 9.30. The Balaban J connectivity index is 3.83. The molecular formula is C6H11ClN2O. The zero-order chi connectivity index (χ0) is 8.15. The van der Waals surface area contributed by atoms with Crippen molar-refractivity contribution in [2.75, 3.05) is 20.1 Å². The maximum absolute atomic E-state index is 10.8. The SMILES string of the molecule is C=C(C(=O)NCCl)N(C)C. The Labute approximate surface area is 65.6 Å². The highest BCUT2D eigenvalue weighted by molar-refractivity contribution is 6.18. The number of carbonyl (C=O) groups is 1. The largest absolute Gasteiger partial charge is 0.374 e. The summed E-state index contributed by atoms with van der Waals surface area (Å²) in [6.45, 7) is 3.53. The first-order valence-corrected chi connectivity index (χ1v) is 3.33. The van der Waals surface area contributed by atoms with Crippen molar-refractivity contribution in [1.82, 2.24) is 10.2 Å².